The summed E-state index contributed by atoms with van der Waals surface area (Å²) in [5.74, 6) is -1.78. The molecular weight excluding hydrogens is 250 g/mol. The van der Waals surface area contributed by atoms with Crippen LogP contribution in [0.3, 0.4) is 0 Å². The minimum absolute atomic E-state index is 0.338. The fourth-order valence-corrected chi connectivity index (χ4v) is 2.51. The van der Waals surface area contributed by atoms with E-state index in [1.54, 1.807) is 7.05 Å². The van der Waals surface area contributed by atoms with Crippen molar-refractivity contribution in [2.24, 2.45) is 5.92 Å². The Hall–Kier alpha value is -1.66. The summed E-state index contributed by atoms with van der Waals surface area (Å²) in [6.07, 6.45) is 5.77. The van der Waals surface area contributed by atoms with E-state index < -0.39 is 24.0 Å². The summed E-state index contributed by atoms with van der Waals surface area (Å²) in [5.41, 5.74) is 0.948. The van der Waals surface area contributed by atoms with Crippen LogP contribution in [-0.2, 0) is 23.9 Å². The van der Waals surface area contributed by atoms with E-state index in [-0.39, 0.29) is 6.04 Å². The van der Waals surface area contributed by atoms with Gasteiger partial charge in [0.15, 0.2) is 6.10 Å². The summed E-state index contributed by atoms with van der Waals surface area (Å²) < 4.78 is 9.48. The molecule has 6 heteroatoms. The molecule has 0 amide bonds. The number of carbonyl (C=O) groups is 2. The Bertz CT molecular complexity index is 442. The van der Waals surface area contributed by atoms with Gasteiger partial charge in [-0.2, -0.15) is 5.06 Å². The van der Waals surface area contributed by atoms with Crippen LogP contribution in [-0.4, -0.2) is 50.4 Å². The highest BCUT2D eigenvalue weighted by Crippen LogP contribution is 2.34. The molecule has 0 aromatic heterocycles. The van der Waals surface area contributed by atoms with E-state index in [1.165, 1.54) is 19.3 Å². The number of carbonyl (C=O) groups excluding carboxylic acids is 2. The van der Waals surface area contributed by atoms with Crippen molar-refractivity contribution >= 4 is 11.9 Å². The number of hydrogen-bond acceptors (Lipinski definition) is 6. The molecule has 1 saturated heterocycles. The maximum Gasteiger partial charge on any atom is 0.338 e. The van der Waals surface area contributed by atoms with Gasteiger partial charge in [0.05, 0.1) is 20.3 Å². The number of esters is 2. The minimum atomic E-state index is -0.970. The molecule has 0 aromatic carbocycles. The van der Waals surface area contributed by atoms with E-state index in [1.807, 2.05) is 18.2 Å². The van der Waals surface area contributed by atoms with Crippen LogP contribution in [0.15, 0.2) is 23.8 Å². The van der Waals surface area contributed by atoms with Gasteiger partial charge in [-0.25, -0.2) is 4.79 Å². The first-order valence-electron chi connectivity index (χ1n) is 6.02. The molecule has 19 heavy (non-hydrogen) atoms. The van der Waals surface area contributed by atoms with E-state index in [2.05, 4.69) is 4.74 Å². The first kappa shape index (κ1) is 13.8. The molecule has 0 N–H and O–H groups in total. The predicted molar refractivity (Wildman–Crippen MR) is 65.8 cm³/mol. The Kier molecular flexibility index (Phi) is 4.01. The third-order valence-corrected chi connectivity index (χ3v) is 3.39. The molecule has 1 aliphatic carbocycles. The molecule has 0 saturated carbocycles. The fourth-order valence-electron chi connectivity index (χ4n) is 2.51. The van der Waals surface area contributed by atoms with Gasteiger partial charge in [0.2, 0.25) is 0 Å². The SMILES string of the molecule is COC(=O)[C@@H]1[C@@H](C(=O)OC)ON(C)[C@@H]1C1=CCC=C1. The molecule has 6 nitrogen and oxygen atoms in total. The van der Waals surface area contributed by atoms with Crippen molar-refractivity contribution in [2.75, 3.05) is 21.3 Å². The number of methoxy groups -OCH3 is 2. The molecule has 1 aliphatic heterocycles. The van der Waals surface area contributed by atoms with Crippen molar-refractivity contribution in [2.45, 2.75) is 18.6 Å². The van der Waals surface area contributed by atoms with E-state index in [0.29, 0.717) is 0 Å². The maximum atomic E-state index is 12.0. The Balaban J connectivity index is 2.32. The lowest BCUT2D eigenvalue weighted by molar-refractivity contribution is -0.180. The zero-order chi connectivity index (χ0) is 14.0. The largest absolute Gasteiger partial charge is 0.469 e. The highest BCUT2D eigenvalue weighted by atomic mass is 16.7. The number of nitrogens with zero attached hydrogens (tertiary/aromatic N) is 1. The highest BCUT2D eigenvalue weighted by molar-refractivity contribution is 5.85. The first-order chi connectivity index (χ1) is 9.10. The van der Waals surface area contributed by atoms with Crippen LogP contribution in [0.5, 0.6) is 0 Å². The van der Waals surface area contributed by atoms with Crippen LogP contribution in [0, 0.1) is 5.92 Å². The van der Waals surface area contributed by atoms with Gasteiger partial charge in [-0.15, -0.1) is 0 Å². The zero-order valence-electron chi connectivity index (χ0n) is 11.2. The summed E-state index contributed by atoms with van der Waals surface area (Å²) in [5, 5.41) is 1.52. The van der Waals surface area contributed by atoms with Crippen LogP contribution >= 0.6 is 0 Å². The molecule has 0 radical (unpaired) electrons. The van der Waals surface area contributed by atoms with E-state index >= 15 is 0 Å². The van der Waals surface area contributed by atoms with Gasteiger partial charge in [-0.05, 0) is 12.0 Å². The Labute approximate surface area is 111 Å². The first-order valence-corrected chi connectivity index (χ1v) is 6.02. The molecule has 2 rings (SSSR count). The number of allylic oxidation sites excluding steroid dienone is 2. The molecular formula is C13H17NO5. The molecule has 104 valence electrons. The lowest BCUT2D eigenvalue weighted by Gasteiger charge is -2.21. The summed E-state index contributed by atoms with van der Waals surface area (Å²) in [7, 11) is 4.25. The Morgan fingerprint density at radius 2 is 2.00 bits per heavy atom. The quantitative estimate of drug-likeness (QED) is 0.692. The molecule has 0 unspecified atom stereocenters. The fraction of sp³-hybridized carbons (Fsp3) is 0.538. The van der Waals surface area contributed by atoms with Gasteiger partial charge in [-0.1, -0.05) is 18.2 Å². The number of likely N-dealkylation sites (N-methyl/N-ethyl adjacent to an activating group) is 1. The molecule has 2 aliphatic rings. The number of hydrogen-bond donors (Lipinski definition) is 0. The van der Waals surface area contributed by atoms with Gasteiger partial charge in [-0.3, -0.25) is 9.63 Å². The second-order valence-corrected chi connectivity index (χ2v) is 4.43. The summed E-state index contributed by atoms with van der Waals surface area (Å²) in [6.45, 7) is 0. The van der Waals surface area contributed by atoms with Crippen molar-refractivity contribution in [3.63, 3.8) is 0 Å². The van der Waals surface area contributed by atoms with E-state index in [9.17, 15) is 9.59 Å². The van der Waals surface area contributed by atoms with Crippen LogP contribution in [0.2, 0.25) is 0 Å². The second-order valence-electron chi connectivity index (χ2n) is 4.43. The van der Waals surface area contributed by atoms with Gasteiger partial charge in [0.1, 0.15) is 5.92 Å². The molecule has 1 heterocycles. The van der Waals surface area contributed by atoms with Gasteiger partial charge >= 0.3 is 11.9 Å². The van der Waals surface area contributed by atoms with Crippen molar-refractivity contribution in [1.82, 2.24) is 5.06 Å². The number of rotatable bonds is 3. The van der Waals surface area contributed by atoms with Gasteiger partial charge in [0.25, 0.3) is 0 Å². The zero-order valence-corrected chi connectivity index (χ0v) is 11.2. The summed E-state index contributed by atoms with van der Waals surface area (Å²) >= 11 is 0. The number of ether oxygens (including phenoxy) is 2. The third-order valence-electron chi connectivity index (χ3n) is 3.39. The van der Waals surface area contributed by atoms with Crippen molar-refractivity contribution in [3.05, 3.63) is 23.8 Å². The smallest absolute Gasteiger partial charge is 0.338 e. The maximum absolute atomic E-state index is 12.0. The average Bonchev–Trinajstić information content (AvgIpc) is 3.03. The molecule has 0 spiro atoms. The lowest BCUT2D eigenvalue weighted by Crippen LogP contribution is -2.39. The Morgan fingerprint density at radius 1 is 1.32 bits per heavy atom. The molecule has 3 atom stereocenters. The monoisotopic (exact) mass is 267 g/mol. The highest BCUT2D eigenvalue weighted by Gasteiger charge is 2.52. The minimum Gasteiger partial charge on any atom is -0.469 e. The average molecular weight is 267 g/mol. The van der Waals surface area contributed by atoms with Crippen molar-refractivity contribution in [1.29, 1.82) is 0 Å². The van der Waals surface area contributed by atoms with Crippen LogP contribution < -0.4 is 0 Å². The van der Waals surface area contributed by atoms with Crippen LogP contribution in [0.4, 0.5) is 0 Å². The third kappa shape index (κ3) is 2.41. The normalized spacial score (nSPS) is 30.3. The second kappa shape index (κ2) is 5.54. The van der Waals surface area contributed by atoms with E-state index in [0.717, 1.165) is 12.0 Å². The molecule has 1 fully saturated rings. The van der Waals surface area contributed by atoms with Gasteiger partial charge < -0.3 is 9.47 Å². The topological polar surface area (TPSA) is 65.1 Å². The summed E-state index contributed by atoms with van der Waals surface area (Å²) in [4.78, 5) is 29.2. The van der Waals surface area contributed by atoms with Crippen molar-refractivity contribution < 1.29 is 23.9 Å². The lowest BCUT2D eigenvalue weighted by atomic mass is 9.89. The predicted octanol–water partition coefficient (Wildman–Crippen LogP) is 0.449. The molecule has 0 bridgehead atoms. The standard InChI is InChI=1S/C13H17NO5/c1-14-10(8-6-4-5-7-8)9(12(15)17-2)11(19-14)13(16)18-3/h4,6-7,9-11H,5H2,1-3H3/t9-,10+,11-/m0/s1. The van der Waals surface area contributed by atoms with E-state index in [4.69, 9.17) is 9.57 Å². The number of hydroxylamine groups is 2. The molecule has 0 aromatic rings. The summed E-state index contributed by atoms with van der Waals surface area (Å²) in [6, 6.07) is -0.338. The van der Waals surface area contributed by atoms with Gasteiger partial charge in [0, 0.05) is 7.05 Å². The van der Waals surface area contributed by atoms with Crippen LogP contribution in [0.1, 0.15) is 6.42 Å². The van der Waals surface area contributed by atoms with Crippen LogP contribution in [0.25, 0.3) is 0 Å². The Morgan fingerprint density at radius 3 is 2.53 bits per heavy atom. The van der Waals surface area contributed by atoms with Crippen molar-refractivity contribution in [3.8, 4) is 0 Å².